The number of rotatable bonds is 3. The summed E-state index contributed by atoms with van der Waals surface area (Å²) in [6.45, 7) is 0. The van der Waals surface area contributed by atoms with Crippen LogP contribution in [0.4, 0.5) is 0 Å². The normalized spacial score (nSPS) is 11.9. The summed E-state index contributed by atoms with van der Waals surface area (Å²) in [5, 5.41) is 9.24. The molecule has 17 heavy (non-hydrogen) atoms. The first-order chi connectivity index (χ1) is 8.40. The van der Waals surface area contributed by atoms with E-state index in [0.717, 1.165) is 23.0 Å². The van der Waals surface area contributed by atoms with Crippen molar-refractivity contribution in [2.24, 2.45) is 0 Å². The van der Waals surface area contributed by atoms with Crippen LogP contribution in [-0.4, -0.2) is 5.11 Å². The molecule has 0 heterocycles. The van der Waals surface area contributed by atoms with Gasteiger partial charge in [0, 0.05) is 5.57 Å². The molecule has 2 aromatic rings. The third-order valence-corrected chi connectivity index (χ3v) is 2.50. The van der Waals surface area contributed by atoms with Gasteiger partial charge >= 0.3 is 0 Å². The van der Waals surface area contributed by atoms with Crippen LogP contribution in [0.2, 0.25) is 0 Å². The lowest BCUT2D eigenvalue weighted by Crippen LogP contribution is -1.80. The Morgan fingerprint density at radius 2 is 1.41 bits per heavy atom. The molecule has 0 aromatic heterocycles. The molecule has 84 valence electrons. The van der Waals surface area contributed by atoms with Crippen molar-refractivity contribution in [2.45, 2.75) is 0 Å². The number of hydrogen-bond donors (Lipinski definition) is 1. The van der Waals surface area contributed by atoms with Crippen LogP contribution >= 0.6 is 0 Å². The Morgan fingerprint density at radius 3 is 2.00 bits per heavy atom. The minimum atomic E-state index is 0.800. The van der Waals surface area contributed by atoms with Crippen LogP contribution in [0.25, 0.3) is 11.6 Å². The maximum absolute atomic E-state index is 9.24. The molecule has 0 saturated carbocycles. The third kappa shape index (κ3) is 3.08. The first-order valence-electron chi connectivity index (χ1n) is 5.53. The fraction of sp³-hybridized carbons (Fsp3) is 0. The maximum Gasteiger partial charge on any atom is 0.0870 e. The second-order valence-electron chi connectivity index (χ2n) is 3.69. The van der Waals surface area contributed by atoms with E-state index in [0.29, 0.717) is 0 Å². The Hall–Kier alpha value is -2.28. The number of aliphatic hydroxyl groups is 1. The van der Waals surface area contributed by atoms with E-state index < -0.39 is 0 Å². The highest BCUT2D eigenvalue weighted by molar-refractivity contribution is 5.77. The van der Waals surface area contributed by atoms with Gasteiger partial charge in [-0.2, -0.15) is 0 Å². The highest BCUT2D eigenvalue weighted by Gasteiger charge is 1.95. The maximum atomic E-state index is 9.24. The van der Waals surface area contributed by atoms with Gasteiger partial charge in [0.15, 0.2) is 0 Å². The first-order valence-corrected chi connectivity index (χ1v) is 5.53. The molecule has 1 heteroatoms. The largest absolute Gasteiger partial charge is 0.515 e. The first kappa shape index (κ1) is 11.2. The van der Waals surface area contributed by atoms with E-state index in [1.807, 2.05) is 72.8 Å². The monoisotopic (exact) mass is 222 g/mol. The third-order valence-electron chi connectivity index (χ3n) is 2.50. The van der Waals surface area contributed by atoms with Gasteiger partial charge in [-0.1, -0.05) is 72.8 Å². The van der Waals surface area contributed by atoms with Gasteiger partial charge in [0.1, 0.15) is 0 Å². The lowest BCUT2D eigenvalue weighted by Gasteiger charge is -2.00. The van der Waals surface area contributed by atoms with Crippen molar-refractivity contribution in [1.82, 2.24) is 0 Å². The van der Waals surface area contributed by atoms with Crippen molar-refractivity contribution >= 4 is 11.6 Å². The molecule has 0 amide bonds. The smallest absolute Gasteiger partial charge is 0.0870 e. The molecule has 0 aliphatic carbocycles. The van der Waals surface area contributed by atoms with Gasteiger partial charge in [-0.25, -0.2) is 0 Å². The highest BCUT2D eigenvalue weighted by atomic mass is 16.2. The molecular weight excluding hydrogens is 208 g/mol. The molecule has 0 bridgehead atoms. The van der Waals surface area contributed by atoms with E-state index in [-0.39, 0.29) is 0 Å². The Morgan fingerprint density at radius 1 is 0.824 bits per heavy atom. The van der Waals surface area contributed by atoms with Gasteiger partial charge in [-0.15, -0.1) is 0 Å². The fourth-order valence-corrected chi connectivity index (χ4v) is 1.59. The molecular formula is C16H14O. The minimum Gasteiger partial charge on any atom is -0.515 e. The van der Waals surface area contributed by atoms with Gasteiger partial charge in [0.2, 0.25) is 0 Å². The van der Waals surface area contributed by atoms with E-state index in [2.05, 4.69) is 0 Å². The summed E-state index contributed by atoms with van der Waals surface area (Å²) in [5.41, 5.74) is 2.92. The predicted octanol–water partition coefficient (Wildman–Crippen LogP) is 4.30. The van der Waals surface area contributed by atoms with Crippen molar-refractivity contribution in [1.29, 1.82) is 0 Å². The molecule has 0 radical (unpaired) electrons. The second-order valence-corrected chi connectivity index (χ2v) is 3.69. The molecule has 0 aliphatic rings. The van der Waals surface area contributed by atoms with E-state index in [9.17, 15) is 5.11 Å². The van der Waals surface area contributed by atoms with Gasteiger partial charge in [0.05, 0.1) is 6.26 Å². The quantitative estimate of drug-likeness (QED) is 0.606. The molecule has 0 atom stereocenters. The van der Waals surface area contributed by atoms with Gasteiger partial charge in [-0.05, 0) is 11.1 Å². The van der Waals surface area contributed by atoms with Crippen LogP contribution in [0.1, 0.15) is 11.1 Å². The summed E-state index contributed by atoms with van der Waals surface area (Å²) in [6.07, 6.45) is 5.02. The van der Waals surface area contributed by atoms with Crippen LogP contribution in [0.5, 0.6) is 0 Å². The number of allylic oxidation sites excluding steroid dienone is 2. The van der Waals surface area contributed by atoms with Crippen molar-refractivity contribution in [3.05, 3.63) is 84.1 Å². The van der Waals surface area contributed by atoms with E-state index in [4.69, 9.17) is 0 Å². The molecule has 2 aromatic carbocycles. The lowest BCUT2D eigenvalue weighted by molar-refractivity contribution is 0.476. The Balaban J connectivity index is 2.20. The van der Waals surface area contributed by atoms with Crippen LogP contribution in [-0.2, 0) is 0 Å². The highest BCUT2D eigenvalue weighted by Crippen LogP contribution is 2.16. The van der Waals surface area contributed by atoms with Crippen molar-refractivity contribution in [2.75, 3.05) is 0 Å². The fourth-order valence-electron chi connectivity index (χ4n) is 1.59. The Kier molecular flexibility index (Phi) is 3.77. The molecule has 0 spiro atoms. The van der Waals surface area contributed by atoms with Crippen LogP contribution in [0, 0.1) is 0 Å². The summed E-state index contributed by atoms with van der Waals surface area (Å²) in [7, 11) is 0. The average Bonchev–Trinajstić information content (AvgIpc) is 2.42. The van der Waals surface area contributed by atoms with Crippen molar-refractivity contribution in [3.63, 3.8) is 0 Å². The second kappa shape index (κ2) is 5.71. The molecule has 0 unspecified atom stereocenters. The molecule has 1 nitrogen and oxygen atoms in total. The van der Waals surface area contributed by atoms with E-state index in [1.54, 1.807) is 0 Å². The van der Waals surface area contributed by atoms with Crippen molar-refractivity contribution in [3.8, 4) is 0 Å². The minimum absolute atomic E-state index is 0.800. The van der Waals surface area contributed by atoms with Crippen LogP contribution < -0.4 is 0 Å². The van der Waals surface area contributed by atoms with Gasteiger partial charge in [-0.3, -0.25) is 0 Å². The topological polar surface area (TPSA) is 20.2 Å². The van der Waals surface area contributed by atoms with Crippen molar-refractivity contribution < 1.29 is 5.11 Å². The summed E-state index contributed by atoms with van der Waals surface area (Å²) in [6, 6.07) is 19.8. The molecule has 2 rings (SSSR count). The van der Waals surface area contributed by atoms with E-state index >= 15 is 0 Å². The summed E-state index contributed by atoms with van der Waals surface area (Å²) in [4.78, 5) is 0. The van der Waals surface area contributed by atoms with Crippen LogP contribution in [0.15, 0.2) is 73.0 Å². The van der Waals surface area contributed by atoms with Gasteiger partial charge in [0.25, 0.3) is 0 Å². The standard InChI is InChI=1S/C16H14O/c17-13-16(15-9-5-2-6-10-15)12-11-14-7-3-1-4-8-14/h1-13,17H/b12-11+,16-13-. The zero-order chi connectivity index (χ0) is 11.9. The molecule has 0 aliphatic heterocycles. The summed E-state index contributed by atoms with van der Waals surface area (Å²) in [5.74, 6) is 0. The Labute approximate surface area is 101 Å². The number of aliphatic hydroxyl groups excluding tert-OH is 1. The average molecular weight is 222 g/mol. The number of benzene rings is 2. The molecule has 0 saturated heterocycles. The van der Waals surface area contributed by atoms with E-state index in [1.165, 1.54) is 0 Å². The summed E-state index contributed by atoms with van der Waals surface area (Å²) < 4.78 is 0. The zero-order valence-corrected chi connectivity index (χ0v) is 9.45. The lowest BCUT2D eigenvalue weighted by atomic mass is 10.1. The SMILES string of the molecule is O/C=C(/C=C/c1ccccc1)c1ccccc1. The van der Waals surface area contributed by atoms with Gasteiger partial charge < -0.3 is 5.11 Å². The summed E-state index contributed by atoms with van der Waals surface area (Å²) >= 11 is 0. The number of hydrogen-bond acceptors (Lipinski definition) is 1. The molecule has 0 fully saturated rings. The predicted molar refractivity (Wildman–Crippen MR) is 72.5 cm³/mol. The van der Waals surface area contributed by atoms with Crippen LogP contribution in [0.3, 0.4) is 0 Å². The Bertz CT molecular complexity index is 510. The molecule has 1 N–H and O–H groups in total. The zero-order valence-electron chi connectivity index (χ0n) is 9.45.